The molecule has 1 rings (SSSR count). The molecular weight excluding hydrogens is 228 g/mol. The Morgan fingerprint density at radius 2 is 2.22 bits per heavy atom. The fourth-order valence-corrected chi connectivity index (χ4v) is 2.49. The number of nitrogens with zero attached hydrogens (tertiary/aromatic N) is 1. The Kier molecular flexibility index (Phi) is 7.82. The molecule has 4 heteroatoms. The maximum absolute atomic E-state index is 9.34. The van der Waals surface area contributed by atoms with Crippen LogP contribution < -0.4 is 5.32 Å². The van der Waals surface area contributed by atoms with Gasteiger partial charge in [-0.25, -0.2) is 0 Å². The van der Waals surface area contributed by atoms with Crippen LogP contribution in [0.2, 0.25) is 0 Å². The zero-order chi connectivity index (χ0) is 13.4. The molecule has 1 fully saturated rings. The minimum atomic E-state index is 0.212. The van der Waals surface area contributed by atoms with E-state index < -0.39 is 0 Å². The number of nitrogens with one attached hydrogen (secondary N) is 1. The number of likely N-dealkylation sites (N-methyl/N-ethyl adjacent to an activating group) is 1. The van der Waals surface area contributed by atoms with Crippen LogP contribution in [0.15, 0.2) is 0 Å². The fourth-order valence-electron chi connectivity index (χ4n) is 2.49. The molecule has 2 atom stereocenters. The molecule has 1 saturated heterocycles. The van der Waals surface area contributed by atoms with Crippen LogP contribution in [0.4, 0.5) is 0 Å². The van der Waals surface area contributed by atoms with Crippen LogP contribution in [0.25, 0.3) is 0 Å². The Labute approximate surface area is 112 Å². The maximum Gasteiger partial charge on any atom is 0.0702 e. The monoisotopic (exact) mass is 258 g/mol. The zero-order valence-corrected chi connectivity index (χ0v) is 12.2. The average Bonchev–Trinajstić information content (AvgIpc) is 2.84. The zero-order valence-electron chi connectivity index (χ0n) is 12.2. The van der Waals surface area contributed by atoms with Crippen molar-refractivity contribution in [1.29, 1.82) is 0 Å². The van der Waals surface area contributed by atoms with Gasteiger partial charge in [-0.1, -0.05) is 20.8 Å². The summed E-state index contributed by atoms with van der Waals surface area (Å²) in [5.41, 5.74) is 0. The van der Waals surface area contributed by atoms with Crippen molar-refractivity contribution >= 4 is 0 Å². The summed E-state index contributed by atoms with van der Waals surface area (Å²) in [6.07, 6.45) is 3.83. The van der Waals surface area contributed by atoms with Gasteiger partial charge >= 0.3 is 0 Å². The van der Waals surface area contributed by atoms with E-state index in [4.69, 9.17) is 4.74 Å². The number of ether oxygens (including phenoxy) is 1. The Balaban J connectivity index is 2.23. The third-order valence-corrected chi connectivity index (χ3v) is 3.52. The number of rotatable bonds is 9. The van der Waals surface area contributed by atoms with Gasteiger partial charge in [0.15, 0.2) is 0 Å². The van der Waals surface area contributed by atoms with Crippen molar-refractivity contribution in [3.05, 3.63) is 0 Å². The molecule has 108 valence electrons. The Hall–Kier alpha value is -0.160. The van der Waals surface area contributed by atoms with E-state index in [1.54, 1.807) is 0 Å². The van der Waals surface area contributed by atoms with E-state index in [9.17, 15) is 5.11 Å². The normalized spacial score (nSPS) is 22.0. The second-order valence-corrected chi connectivity index (χ2v) is 5.52. The number of hydrogen-bond donors (Lipinski definition) is 2. The van der Waals surface area contributed by atoms with Gasteiger partial charge in [-0.3, -0.25) is 0 Å². The lowest BCUT2D eigenvalue weighted by Gasteiger charge is -2.26. The van der Waals surface area contributed by atoms with Gasteiger partial charge in [0.1, 0.15) is 0 Å². The van der Waals surface area contributed by atoms with Crippen LogP contribution in [0.1, 0.15) is 40.0 Å². The van der Waals surface area contributed by atoms with Gasteiger partial charge in [0.25, 0.3) is 0 Å². The summed E-state index contributed by atoms with van der Waals surface area (Å²) in [4.78, 5) is 2.43. The standard InChI is InChI=1S/C14H30N2O2/c1-4-16(10-14-6-5-9-18-14)8-7-13(11-17)15-12(2)3/h12-15,17H,4-11H2,1-3H3. The Bertz CT molecular complexity index is 206. The first-order valence-electron chi connectivity index (χ1n) is 7.36. The van der Waals surface area contributed by atoms with Gasteiger partial charge in [-0.2, -0.15) is 0 Å². The Morgan fingerprint density at radius 1 is 1.44 bits per heavy atom. The summed E-state index contributed by atoms with van der Waals surface area (Å²) in [6, 6.07) is 0.638. The number of aliphatic hydroxyl groups is 1. The molecule has 0 aromatic heterocycles. The maximum atomic E-state index is 9.34. The molecule has 0 amide bonds. The van der Waals surface area contributed by atoms with Gasteiger partial charge in [0.2, 0.25) is 0 Å². The van der Waals surface area contributed by atoms with Crippen LogP contribution >= 0.6 is 0 Å². The molecule has 4 nitrogen and oxygen atoms in total. The van der Waals surface area contributed by atoms with Gasteiger partial charge in [0, 0.05) is 25.2 Å². The van der Waals surface area contributed by atoms with E-state index in [-0.39, 0.29) is 12.6 Å². The van der Waals surface area contributed by atoms with Crippen molar-refractivity contribution in [3.8, 4) is 0 Å². The minimum absolute atomic E-state index is 0.212. The van der Waals surface area contributed by atoms with Gasteiger partial charge in [0.05, 0.1) is 12.7 Å². The lowest BCUT2D eigenvalue weighted by molar-refractivity contribution is 0.0723. The van der Waals surface area contributed by atoms with E-state index in [2.05, 4.69) is 31.0 Å². The minimum Gasteiger partial charge on any atom is -0.395 e. The van der Waals surface area contributed by atoms with Crippen molar-refractivity contribution < 1.29 is 9.84 Å². The molecule has 0 aliphatic carbocycles. The topological polar surface area (TPSA) is 44.7 Å². The van der Waals surface area contributed by atoms with Crippen molar-refractivity contribution in [2.24, 2.45) is 0 Å². The van der Waals surface area contributed by atoms with Crippen LogP contribution in [-0.4, -0.2) is 61.0 Å². The third-order valence-electron chi connectivity index (χ3n) is 3.52. The van der Waals surface area contributed by atoms with Gasteiger partial charge < -0.3 is 20.1 Å². The lowest BCUT2D eigenvalue weighted by atomic mass is 10.1. The van der Waals surface area contributed by atoms with Crippen LogP contribution in [0.5, 0.6) is 0 Å². The van der Waals surface area contributed by atoms with Crippen molar-refractivity contribution in [2.75, 3.05) is 32.8 Å². The largest absolute Gasteiger partial charge is 0.395 e. The fraction of sp³-hybridized carbons (Fsp3) is 1.00. The highest BCUT2D eigenvalue weighted by atomic mass is 16.5. The first-order valence-corrected chi connectivity index (χ1v) is 7.36. The summed E-state index contributed by atoms with van der Waals surface area (Å²) < 4.78 is 5.68. The summed E-state index contributed by atoms with van der Waals surface area (Å²) in [7, 11) is 0. The summed E-state index contributed by atoms with van der Waals surface area (Å²) in [6.45, 7) is 10.7. The third kappa shape index (κ3) is 6.14. The molecule has 0 bridgehead atoms. The van der Waals surface area contributed by atoms with Crippen molar-refractivity contribution in [3.63, 3.8) is 0 Å². The summed E-state index contributed by atoms with van der Waals surface area (Å²) >= 11 is 0. The molecule has 2 unspecified atom stereocenters. The molecule has 0 saturated carbocycles. The van der Waals surface area contributed by atoms with E-state index in [0.29, 0.717) is 12.1 Å². The molecule has 0 radical (unpaired) electrons. The van der Waals surface area contributed by atoms with Crippen LogP contribution in [-0.2, 0) is 4.74 Å². The summed E-state index contributed by atoms with van der Waals surface area (Å²) in [5.74, 6) is 0. The van der Waals surface area contributed by atoms with E-state index in [1.165, 1.54) is 12.8 Å². The van der Waals surface area contributed by atoms with E-state index >= 15 is 0 Å². The average molecular weight is 258 g/mol. The lowest BCUT2D eigenvalue weighted by Crippen LogP contribution is -2.41. The highest BCUT2D eigenvalue weighted by Crippen LogP contribution is 2.13. The first-order chi connectivity index (χ1) is 8.65. The molecule has 18 heavy (non-hydrogen) atoms. The quantitative estimate of drug-likeness (QED) is 0.653. The summed E-state index contributed by atoms with van der Waals surface area (Å²) in [5, 5.41) is 12.7. The van der Waals surface area contributed by atoms with Crippen LogP contribution in [0, 0.1) is 0 Å². The smallest absolute Gasteiger partial charge is 0.0702 e. The second-order valence-electron chi connectivity index (χ2n) is 5.52. The Morgan fingerprint density at radius 3 is 2.72 bits per heavy atom. The predicted molar refractivity (Wildman–Crippen MR) is 74.9 cm³/mol. The van der Waals surface area contributed by atoms with Crippen molar-refractivity contribution in [1.82, 2.24) is 10.2 Å². The molecule has 1 aliphatic rings. The highest BCUT2D eigenvalue weighted by molar-refractivity contribution is 4.74. The molecule has 1 heterocycles. The highest BCUT2D eigenvalue weighted by Gasteiger charge is 2.19. The number of aliphatic hydroxyl groups excluding tert-OH is 1. The molecule has 0 spiro atoms. The second kappa shape index (κ2) is 8.86. The molecular formula is C14H30N2O2. The molecule has 0 aromatic carbocycles. The SMILES string of the molecule is CCN(CCC(CO)NC(C)C)CC1CCCO1. The number of hydrogen-bond acceptors (Lipinski definition) is 4. The van der Waals surface area contributed by atoms with E-state index in [1.807, 2.05) is 0 Å². The van der Waals surface area contributed by atoms with Gasteiger partial charge in [-0.15, -0.1) is 0 Å². The first kappa shape index (κ1) is 15.9. The predicted octanol–water partition coefficient (Wildman–Crippen LogP) is 1.24. The van der Waals surface area contributed by atoms with E-state index in [0.717, 1.165) is 32.7 Å². The molecule has 2 N–H and O–H groups in total. The molecule has 0 aromatic rings. The molecule has 1 aliphatic heterocycles. The van der Waals surface area contributed by atoms with Crippen molar-refractivity contribution in [2.45, 2.75) is 58.2 Å². The van der Waals surface area contributed by atoms with Crippen LogP contribution in [0.3, 0.4) is 0 Å². The van der Waals surface area contributed by atoms with Gasteiger partial charge in [-0.05, 0) is 32.4 Å².